The SMILES string of the molecule is Cc1nn(-c2ccccc2)c(C)c1CC(=O)OCC(=O)Nc1ccc(C(N)=O)cc1. The van der Waals surface area contributed by atoms with Crippen LogP contribution >= 0.6 is 0 Å². The summed E-state index contributed by atoms with van der Waals surface area (Å²) in [4.78, 5) is 35.3. The number of esters is 1. The monoisotopic (exact) mass is 406 g/mol. The molecule has 0 radical (unpaired) electrons. The molecule has 0 saturated heterocycles. The number of anilines is 1. The Bertz CT molecular complexity index is 1070. The summed E-state index contributed by atoms with van der Waals surface area (Å²) in [5.41, 5.74) is 9.22. The number of nitrogens with zero attached hydrogens (tertiary/aromatic N) is 2. The number of carbonyl (C=O) groups excluding carboxylic acids is 3. The summed E-state index contributed by atoms with van der Waals surface area (Å²) in [6.07, 6.45) is 0.0189. The molecular weight excluding hydrogens is 384 g/mol. The summed E-state index contributed by atoms with van der Waals surface area (Å²) < 4.78 is 6.88. The third-order valence-electron chi connectivity index (χ3n) is 4.58. The average molecular weight is 406 g/mol. The molecule has 154 valence electrons. The van der Waals surface area contributed by atoms with Crippen LogP contribution in [0.15, 0.2) is 54.6 Å². The number of aromatic nitrogens is 2. The second kappa shape index (κ2) is 9.04. The Morgan fingerprint density at radius 3 is 2.33 bits per heavy atom. The van der Waals surface area contributed by atoms with Gasteiger partial charge in [0, 0.05) is 22.5 Å². The highest BCUT2D eigenvalue weighted by Gasteiger charge is 2.17. The smallest absolute Gasteiger partial charge is 0.310 e. The maximum Gasteiger partial charge on any atom is 0.310 e. The second-order valence-electron chi connectivity index (χ2n) is 6.72. The van der Waals surface area contributed by atoms with Crippen molar-refractivity contribution >= 4 is 23.5 Å². The molecule has 0 bridgehead atoms. The zero-order chi connectivity index (χ0) is 21.7. The first kappa shape index (κ1) is 20.8. The number of nitrogens with two attached hydrogens (primary N) is 1. The number of aryl methyl sites for hydroxylation is 1. The fraction of sp³-hybridized carbons (Fsp3) is 0.182. The normalized spacial score (nSPS) is 10.5. The summed E-state index contributed by atoms with van der Waals surface area (Å²) in [5, 5.41) is 7.09. The predicted molar refractivity (Wildman–Crippen MR) is 111 cm³/mol. The van der Waals surface area contributed by atoms with Crippen molar-refractivity contribution in [2.75, 3.05) is 11.9 Å². The number of carbonyl (C=O) groups is 3. The van der Waals surface area contributed by atoms with Gasteiger partial charge in [-0.25, -0.2) is 4.68 Å². The molecule has 0 aliphatic carbocycles. The van der Waals surface area contributed by atoms with Gasteiger partial charge in [-0.05, 0) is 50.2 Å². The van der Waals surface area contributed by atoms with Crippen LogP contribution < -0.4 is 11.1 Å². The minimum atomic E-state index is -0.553. The van der Waals surface area contributed by atoms with E-state index in [4.69, 9.17) is 10.5 Å². The van der Waals surface area contributed by atoms with Gasteiger partial charge in [0.2, 0.25) is 5.91 Å². The van der Waals surface area contributed by atoms with Crippen LogP contribution in [0.4, 0.5) is 5.69 Å². The molecule has 2 aromatic carbocycles. The van der Waals surface area contributed by atoms with Crippen molar-refractivity contribution in [1.29, 1.82) is 0 Å². The van der Waals surface area contributed by atoms with E-state index in [2.05, 4.69) is 10.4 Å². The van der Waals surface area contributed by atoms with Gasteiger partial charge in [0.25, 0.3) is 5.91 Å². The Hall–Kier alpha value is -3.94. The summed E-state index contributed by atoms with van der Waals surface area (Å²) in [7, 11) is 0. The molecule has 8 heteroatoms. The molecule has 0 fully saturated rings. The number of nitrogens with one attached hydrogen (secondary N) is 1. The predicted octanol–water partition coefficient (Wildman–Crippen LogP) is 2.31. The van der Waals surface area contributed by atoms with Crippen molar-refractivity contribution in [2.45, 2.75) is 20.3 Å². The number of ether oxygens (including phenoxy) is 1. The van der Waals surface area contributed by atoms with Gasteiger partial charge in [-0.2, -0.15) is 5.10 Å². The van der Waals surface area contributed by atoms with E-state index >= 15 is 0 Å². The van der Waals surface area contributed by atoms with Crippen molar-refractivity contribution in [1.82, 2.24) is 9.78 Å². The molecule has 0 atom stereocenters. The van der Waals surface area contributed by atoms with Gasteiger partial charge in [-0.15, -0.1) is 0 Å². The van der Waals surface area contributed by atoms with E-state index in [0.717, 1.165) is 22.6 Å². The summed E-state index contributed by atoms with van der Waals surface area (Å²) in [6, 6.07) is 15.7. The molecule has 3 aromatic rings. The van der Waals surface area contributed by atoms with E-state index in [9.17, 15) is 14.4 Å². The molecule has 0 unspecified atom stereocenters. The molecule has 0 aliphatic rings. The third kappa shape index (κ3) is 4.91. The lowest BCUT2D eigenvalue weighted by atomic mass is 10.1. The Kier molecular flexibility index (Phi) is 6.26. The van der Waals surface area contributed by atoms with Gasteiger partial charge in [-0.1, -0.05) is 18.2 Å². The Morgan fingerprint density at radius 2 is 1.70 bits per heavy atom. The van der Waals surface area contributed by atoms with Crippen molar-refractivity contribution in [3.63, 3.8) is 0 Å². The number of hydrogen-bond donors (Lipinski definition) is 2. The van der Waals surface area contributed by atoms with E-state index in [-0.39, 0.29) is 6.42 Å². The molecular formula is C22H22N4O4. The second-order valence-corrected chi connectivity index (χ2v) is 6.72. The molecule has 8 nitrogen and oxygen atoms in total. The first-order chi connectivity index (χ1) is 14.3. The van der Waals surface area contributed by atoms with E-state index < -0.39 is 24.4 Å². The van der Waals surface area contributed by atoms with Gasteiger partial charge in [0.05, 0.1) is 17.8 Å². The van der Waals surface area contributed by atoms with E-state index in [1.807, 2.05) is 44.2 Å². The van der Waals surface area contributed by atoms with Gasteiger partial charge < -0.3 is 15.8 Å². The molecule has 3 rings (SSSR count). The molecule has 1 aromatic heterocycles. The maximum absolute atomic E-state index is 12.2. The molecule has 30 heavy (non-hydrogen) atoms. The standard InChI is InChI=1S/C22H22N4O4/c1-14-19(15(2)26(25-14)18-6-4-3-5-7-18)12-21(28)30-13-20(27)24-17-10-8-16(9-11-17)22(23)29/h3-11H,12-13H2,1-2H3,(H2,23,29)(H,24,27). The van der Waals surface area contributed by atoms with Gasteiger partial charge >= 0.3 is 5.97 Å². The minimum Gasteiger partial charge on any atom is -0.455 e. The Balaban J connectivity index is 1.56. The number of para-hydroxylation sites is 1. The number of hydrogen-bond acceptors (Lipinski definition) is 5. The van der Waals surface area contributed by atoms with Crippen LogP contribution in [-0.2, 0) is 20.7 Å². The molecule has 2 amide bonds. The Morgan fingerprint density at radius 1 is 1.03 bits per heavy atom. The van der Waals surface area contributed by atoms with Crippen molar-refractivity contribution in [3.8, 4) is 5.69 Å². The topological polar surface area (TPSA) is 116 Å². The van der Waals surface area contributed by atoms with E-state index in [1.165, 1.54) is 12.1 Å². The lowest BCUT2D eigenvalue weighted by molar-refractivity contribution is -0.146. The van der Waals surface area contributed by atoms with E-state index in [1.54, 1.807) is 16.8 Å². The molecule has 0 aliphatic heterocycles. The summed E-state index contributed by atoms with van der Waals surface area (Å²) in [6.45, 7) is 3.30. The molecule has 1 heterocycles. The van der Waals surface area contributed by atoms with Crippen LogP contribution in [0.3, 0.4) is 0 Å². The van der Waals surface area contributed by atoms with Gasteiger partial charge in [-0.3, -0.25) is 14.4 Å². The van der Waals surface area contributed by atoms with E-state index in [0.29, 0.717) is 11.3 Å². The van der Waals surface area contributed by atoms with Crippen LogP contribution in [0.1, 0.15) is 27.3 Å². The number of primary amides is 1. The van der Waals surface area contributed by atoms with Gasteiger partial charge in [0.15, 0.2) is 6.61 Å². The van der Waals surface area contributed by atoms with Crippen molar-refractivity contribution in [2.24, 2.45) is 5.73 Å². The first-order valence-corrected chi connectivity index (χ1v) is 9.31. The van der Waals surface area contributed by atoms with Crippen LogP contribution in [0.5, 0.6) is 0 Å². The highest BCUT2D eigenvalue weighted by atomic mass is 16.5. The fourth-order valence-corrected chi connectivity index (χ4v) is 3.01. The van der Waals surface area contributed by atoms with Crippen LogP contribution in [0.25, 0.3) is 5.69 Å². The summed E-state index contributed by atoms with van der Waals surface area (Å²) in [5.74, 6) is -1.56. The number of benzene rings is 2. The summed E-state index contributed by atoms with van der Waals surface area (Å²) >= 11 is 0. The largest absolute Gasteiger partial charge is 0.455 e. The minimum absolute atomic E-state index is 0.0189. The average Bonchev–Trinajstić information content (AvgIpc) is 3.01. The van der Waals surface area contributed by atoms with Crippen LogP contribution in [0, 0.1) is 13.8 Å². The lowest BCUT2D eigenvalue weighted by Crippen LogP contribution is -2.22. The van der Waals surface area contributed by atoms with Crippen LogP contribution in [-0.4, -0.2) is 34.2 Å². The third-order valence-corrected chi connectivity index (χ3v) is 4.58. The zero-order valence-electron chi connectivity index (χ0n) is 16.7. The Labute approximate surface area is 173 Å². The number of rotatable bonds is 7. The molecule has 0 spiro atoms. The molecule has 0 saturated carbocycles. The van der Waals surface area contributed by atoms with Crippen molar-refractivity contribution in [3.05, 3.63) is 77.1 Å². The first-order valence-electron chi connectivity index (χ1n) is 9.31. The van der Waals surface area contributed by atoms with Crippen LogP contribution in [0.2, 0.25) is 0 Å². The van der Waals surface area contributed by atoms with Gasteiger partial charge in [0.1, 0.15) is 0 Å². The molecule has 3 N–H and O–H groups in total. The quantitative estimate of drug-likeness (QED) is 0.584. The van der Waals surface area contributed by atoms with Crippen molar-refractivity contribution < 1.29 is 19.1 Å². The lowest BCUT2D eigenvalue weighted by Gasteiger charge is -2.08. The highest BCUT2D eigenvalue weighted by molar-refractivity contribution is 5.95. The highest BCUT2D eigenvalue weighted by Crippen LogP contribution is 2.18. The maximum atomic E-state index is 12.2. The number of amides is 2. The zero-order valence-corrected chi connectivity index (χ0v) is 16.7. The fourth-order valence-electron chi connectivity index (χ4n) is 3.01.